The fourth-order valence-corrected chi connectivity index (χ4v) is 8.08. The molecule has 7 atom stereocenters. The van der Waals surface area contributed by atoms with E-state index in [9.17, 15) is 36.4 Å². The highest BCUT2D eigenvalue weighted by molar-refractivity contribution is 7.88. The van der Waals surface area contributed by atoms with Gasteiger partial charge >= 0.3 is 6.03 Å². The number of hydrogen-bond acceptors (Lipinski definition) is 6. The molecule has 2 fully saturated rings. The monoisotopic (exact) mass is 738 g/mol. The lowest BCUT2D eigenvalue weighted by molar-refractivity contribution is -0.144. The number of fused-ring (bicyclic) bond motifs is 2. The van der Waals surface area contributed by atoms with Crippen LogP contribution >= 0.6 is 0 Å². The third-order valence-electron chi connectivity index (χ3n) is 10.8. The molecule has 0 radical (unpaired) electrons. The van der Waals surface area contributed by atoms with E-state index in [-0.39, 0.29) is 36.4 Å². The van der Waals surface area contributed by atoms with Gasteiger partial charge in [-0.05, 0) is 58.5 Å². The van der Waals surface area contributed by atoms with Gasteiger partial charge in [-0.1, -0.05) is 79.7 Å². The van der Waals surface area contributed by atoms with E-state index < -0.39 is 81.6 Å². The molecule has 1 saturated heterocycles. The van der Waals surface area contributed by atoms with E-state index in [4.69, 9.17) is 0 Å². The molecule has 15 heteroatoms. The van der Waals surface area contributed by atoms with Crippen LogP contribution in [-0.4, -0.2) is 87.0 Å². The highest BCUT2D eigenvalue weighted by Gasteiger charge is 2.70. The number of carbonyl (C=O) groups is 4. The van der Waals surface area contributed by atoms with Crippen LogP contribution in [-0.2, 0) is 30.8 Å². The number of alkyl halides is 2. The number of urea groups is 1. The van der Waals surface area contributed by atoms with Crippen LogP contribution in [0.3, 0.4) is 0 Å². The van der Waals surface area contributed by atoms with Crippen molar-refractivity contribution in [3.63, 3.8) is 0 Å². The smallest absolute Gasteiger partial charge is 0.315 e. The van der Waals surface area contributed by atoms with Crippen LogP contribution in [0.25, 0.3) is 0 Å². The predicted molar refractivity (Wildman–Crippen MR) is 190 cm³/mol. The quantitative estimate of drug-likeness (QED) is 0.220. The lowest BCUT2D eigenvalue weighted by Gasteiger charge is -2.38. The van der Waals surface area contributed by atoms with Gasteiger partial charge in [0.2, 0.25) is 34.2 Å². The highest BCUT2D eigenvalue weighted by Crippen LogP contribution is 2.65. The van der Waals surface area contributed by atoms with Crippen molar-refractivity contribution in [1.29, 1.82) is 0 Å². The summed E-state index contributed by atoms with van der Waals surface area (Å²) in [6, 6.07) is 2.29. The molecule has 286 valence electrons. The Kier molecular flexibility index (Phi) is 11.9. The van der Waals surface area contributed by atoms with E-state index in [1.807, 2.05) is 58.9 Å². The minimum Gasteiger partial charge on any atom is -0.348 e. The molecule has 4 rings (SSSR count). The van der Waals surface area contributed by atoms with E-state index >= 15 is 0 Å². The first-order valence-electron chi connectivity index (χ1n) is 17.7. The molecule has 1 aromatic carbocycles. The number of halogens is 2. The minimum absolute atomic E-state index is 0.0416. The molecule has 1 unspecified atom stereocenters. The number of sulfonamides is 1. The first-order valence-corrected chi connectivity index (χ1v) is 19.6. The molecular formula is C36H56F2N6O6S. The lowest BCUT2D eigenvalue weighted by Crippen LogP contribution is -2.62. The Morgan fingerprint density at radius 1 is 0.980 bits per heavy atom. The predicted octanol–water partition coefficient (Wildman–Crippen LogP) is 3.48. The number of likely N-dealkylation sites (tertiary alicyclic amines) is 1. The normalized spacial score (nSPS) is 24.4. The Balaban J connectivity index is 1.53. The summed E-state index contributed by atoms with van der Waals surface area (Å²) in [5.41, 5.74) is 0.330. The van der Waals surface area contributed by atoms with Crippen LogP contribution in [0.1, 0.15) is 91.8 Å². The van der Waals surface area contributed by atoms with E-state index in [2.05, 4.69) is 26.0 Å². The van der Waals surface area contributed by atoms with Crippen LogP contribution < -0.4 is 26.0 Å². The van der Waals surface area contributed by atoms with E-state index in [0.717, 1.165) is 30.2 Å². The second-order valence-electron chi connectivity index (χ2n) is 17.2. The Labute approximate surface area is 301 Å². The molecule has 2 aliphatic carbocycles. The van der Waals surface area contributed by atoms with Crippen molar-refractivity contribution in [3.05, 3.63) is 35.4 Å². The summed E-state index contributed by atoms with van der Waals surface area (Å²) in [7, 11) is -3.54. The molecular weight excluding hydrogens is 682 g/mol. The average Bonchev–Trinajstić information content (AvgIpc) is 3.30. The van der Waals surface area contributed by atoms with Gasteiger partial charge in [-0.2, -0.15) is 0 Å². The maximum Gasteiger partial charge on any atom is 0.315 e. The van der Waals surface area contributed by atoms with Crippen LogP contribution in [0.5, 0.6) is 0 Å². The summed E-state index contributed by atoms with van der Waals surface area (Å²) in [6.45, 7) is 14.9. The second-order valence-corrected chi connectivity index (χ2v) is 19.0. The third kappa shape index (κ3) is 9.76. The van der Waals surface area contributed by atoms with Crippen LogP contribution in [0.15, 0.2) is 24.3 Å². The molecule has 5 amide bonds. The fourth-order valence-electron chi connectivity index (χ4n) is 7.61. The van der Waals surface area contributed by atoms with Gasteiger partial charge in [0.15, 0.2) is 0 Å². The van der Waals surface area contributed by atoms with Gasteiger partial charge in [-0.15, -0.1) is 0 Å². The largest absolute Gasteiger partial charge is 0.348 e. The van der Waals surface area contributed by atoms with Crippen LogP contribution in [0.2, 0.25) is 0 Å². The molecule has 0 spiro atoms. The van der Waals surface area contributed by atoms with Gasteiger partial charge < -0.3 is 26.2 Å². The van der Waals surface area contributed by atoms with E-state index in [1.54, 1.807) is 20.8 Å². The zero-order valence-corrected chi connectivity index (χ0v) is 32.0. The fraction of sp³-hybridized carbons (Fsp3) is 0.722. The summed E-state index contributed by atoms with van der Waals surface area (Å²) in [4.78, 5) is 56.8. The molecule has 1 aromatic rings. The summed E-state index contributed by atoms with van der Waals surface area (Å²) in [5, 5.41) is 11.0. The number of rotatable bonds is 12. The van der Waals surface area contributed by atoms with Gasteiger partial charge in [0.1, 0.15) is 18.1 Å². The Bertz CT molecular complexity index is 1590. The van der Waals surface area contributed by atoms with Crippen LogP contribution in [0, 0.1) is 28.1 Å². The van der Waals surface area contributed by atoms with Crippen molar-refractivity contribution in [2.24, 2.45) is 28.1 Å². The maximum absolute atomic E-state index is 14.3. The second kappa shape index (κ2) is 15.0. The zero-order valence-electron chi connectivity index (χ0n) is 31.2. The Morgan fingerprint density at radius 2 is 1.63 bits per heavy atom. The highest BCUT2D eigenvalue weighted by atomic mass is 32.2. The Morgan fingerprint density at radius 3 is 2.22 bits per heavy atom. The number of amides is 5. The molecule has 3 aliphatic rings. The summed E-state index contributed by atoms with van der Waals surface area (Å²) < 4.78 is 53.7. The number of aryl methyl sites for hydroxylation is 1. The third-order valence-corrected chi connectivity index (χ3v) is 11.5. The molecule has 12 nitrogen and oxygen atoms in total. The average molecular weight is 739 g/mol. The number of nitrogens with one attached hydrogen (secondary N) is 5. The van der Waals surface area contributed by atoms with Crippen molar-refractivity contribution in [2.75, 3.05) is 19.3 Å². The van der Waals surface area contributed by atoms with Crippen molar-refractivity contribution in [2.45, 2.75) is 118 Å². The van der Waals surface area contributed by atoms with Crippen LogP contribution in [0.4, 0.5) is 13.6 Å². The Hall–Kier alpha value is -3.33. The van der Waals surface area contributed by atoms with Gasteiger partial charge in [-0.25, -0.2) is 26.7 Å². The zero-order chi connectivity index (χ0) is 38.3. The molecule has 0 bridgehead atoms. The van der Waals surface area contributed by atoms with Gasteiger partial charge in [-0.3, -0.25) is 14.4 Å². The van der Waals surface area contributed by atoms with Crippen molar-refractivity contribution >= 4 is 33.8 Å². The van der Waals surface area contributed by atoms with Crippen molar-refractivity contribution < 1.29 is 36.4 Å². The van der Waals surface area contributed by atoms with Gasteiger partial charge in [0.25, 0.3) is 0 Å². The molecule has 1 saturated carbocycles. The molecule has 0 aromatic heterocycles. The summed E-state index contributed by atoms with van der Waals surface area (Å²) in [5.74, 6) is -2.24. The SMILES string of the molecule is CC(C)(C)[C@H](NC(=O)N[C@H](CNS(C)(=O)=O)C(C)(C)C)C(=O)N1C[C@H]2[C@@H]([C@H]1C(=O)N[C@@H](CC(F)F)C(=O)NC1CCCc3ccccc31)C2(C)C. The van der Waals surface area contributed by atoms with Crippen molar-refractivity contribution in [3.8, 4) is 0 Å². The van der Waals surface area contributed by atoms with E-state index in [0.29, 0.717) is 6.42 Å². The number of benzene rings is 1. The molecule has 1 aliphatic heterocycles. The topological polar surface area (TPSA) is 166 Å². The van der Waals surface area contributed by atoms with Crippen molar-refractivity contribution in [1.82, 2.24) is 30.9 Å². The minimum atomic E-state index is -3.54. The lowest BCUT2D eigenvalue weighted by atomic mass is 9.85. The standard InChI is InChI=1S/C36H56F2N6O6S/c1-34(2,3)25(18-39-51(9,49)50)42-33(48)43-29(35(4,5)6)32(47)44-19-22-27(36(22,7)8)28(44)31(46)41-24(17-26(37)38)30(45)40-23-16-12-14-20-13-10-11-15-21(20)23/h10-11,13,15,22-29,39H,12,14,16-19H2,1-9H3,(H,40,45)(H,41,46)(H2,42,43,48)/t22-,23?,24-,25+,27-,28-,29+/m0/s1. The number of carbonyl (C=O) groups excluding carboxylic acids is 4. The first kappa shape index (κ1) is 40.4. The molecule has 51 heavy (non-hydrogen) atoms. The summed E-state index contributed by atoms with van der Waals surface area (Å²) in [6.07, 6.45) is -0.426. The maximum atomic E-state index is 14.3. The number of piperidine rings is 1. The first-order chi connectivity index (χ1) is 23.4. The van der Waals surface area contributed by atoms with Gasteiger partial charge in [0, 0.05) is 25.6 Å². The molecule has 1 heterocycles. The van der Waals surface area contributed by atoms with Gasteiger partial charge in [0.05, 0.1) is 12.3 Å². The number of hydrogen-bond donors (Lipinski definition) is 5. The number of nitrogens with zero attached hydrogens (tertiary/aromatic N) is 1. The molecule has 5 N–H and O–H groups in total. The summed E-state index contributed by atoms with van der Waals surface area (Å²) >= 11 is 0. The van der Waals surface area contributed by atoms with E-state index in [1.165, 1.54) is 4.90 Å².